The largest absolute Gasteiger partial charge is 0.361 e. The van der Waals surface area contributed by atoms with E-state index >= 15 is 0 Å². The lowest BCUT2D eigenvalue weighted by Crippen LogP contribution is -2.38. The number of carbonyl (C=O) groups is 1. The molecule has 0 aliphatic rings. The highest BCUT2D eigenvalue weighted by Gasteiger charge is 2.21. The first-order chi connectivity index (χ1) is 13.6. The molecule has 0 bridgehead atoms. The Morgan fingerprint density at radius 1 is 1.14 bits per heavy atom. The quantitative estimate of drug-likeness (QED) is 0.429. The van der Waals surface area contributed by atoms with Crippen LogP contribution in [0.3, 0.4) is 0 Å². The number of aromatic amines is 1. The zero-order valence-corrected chi connectivity index (χ0v) is 17.6. The Kier molecular flexibility index (Phi) is 5.50. The van der Waals surface area contributed by atoms with Gasteiger partial charge in [0, 0.05) is 46.4 Å². The Labute approximate surface area is 172 Å². The molecule has 0 radical (unpaired) electrons. The molecule has 3 aromatic heterocycles. The Morgan fingerprint density at radius 3 is 2.75 bits per heavy atom. The van der Waals surface area contributed by atoms with E-state index in [2.05, 4.69) is 70.6 Å². The minimum atomic E-state index is -0.0470. The highest BCUT2D eigenvalue weighted by molar-refractivity contribution is 7.10. The van der Waals surface area contributed by atoms with Gasteiger partial charge in [-0.15, -0.1) is 22.7 Å². The van der Waals surface area contributed by atoms with Gasteiger partial charge >= 0.3 is 6.03 Å². The Bertz CT molecular complexity index is 1060. The summed E-state index contributed by atoms with van der Waals surface area (Å²) in [6.07, 6.45) is 2.07. The van der Waals surface area contributed by atoms with E-state index in [-0.39, 0.29) is 11.9 Å². The summed E-state index contributed by atoms with van der Waals surface area (Å²) in [7, 11) is 1.85. The summed E-state index contributed by atoms with van der Waals surface area (Å²) < 4.78 is 0. The fourth-order valence-corrected chi connectivity index (χ4v) is 5.22. The number of hydrogen-bond donors (Lipinski definition) is 2. The van der Waals surface area contributed by atoms with Crippen molar-refractivity contribution >= 4 is 39.6 Å². The number of thiophene rings is 2. The number of aryl methyl sites for hydroxylation is 1. The van der Waals surface area contributed by atoms with Crippen LogP contribution in [-0.4, -0.2) is 29.5 Å². The normalized spacial score (nSPS) is 12.2. The van der Waals surface area contributed by atoms with Gasteiger partial charge in [-0.05, 0) is 47.0 Å². The molecule has 4 aromatic rings. The number of nitrogens with one attached hydrogen (secondary N) is 2. The van der Waals surface area contributed by atoms with Crippen LogP contribution in [0, 0.1) is 6.92 Å². The maximum absolute atomic E-state index is 12.7. The predicted octanol–water partition coefficient (Wildman–Crippen LogP) is 5.57. The van der Waals surface area contributed by atoms with Gasteiger partial charge < -0.3 is 15.2 Å². The summed E-state index contributed by atoms with van der Waals surface area (Å²) in [4.78, 5) is 20.3. The van der Waals surface area contributed by atoms with Crippen molar-refractivity contribution in [2.75, 3.05) is 13.6 Å². The Balaban J connectivity index is 1.51. The number of aromatic nitrogens is 1. The third-order valence-corrected chi connectivity index (χ3v) is 7.03. The van der Waals surface area contributed by atoms with E-state index in [9.17, 15) is 4.79 Å². The van der Waals surface area contributed by atoms with Crippen molar-refractivity contribution in [3.05, 3.63) is 80.3 Å². The standard InChI is InChI=1S/C22H23N3OS2/c1-15-9-11-28-21(15)14-25(2)22(26)24-13-18(20-8-5-10-27-20)17-12-23-19-7-4-3-6-16(17)19/h3-12,18,23H,13-14H2,1-2H3,(H,24,26). The number of carbonyl (C=O) groups excluding carboxylic acids is 1. The number of amides is 2. The highest BCUT2D eigenvalue weighted by atomic mass is 32.1. The van der Waals surface area contributed by atoms with Crippen LogP contribution in [0.5, 0.6) is 0 Å². The molecule has 144 valence electrons. The minimum Gasteiger partial charge on any atom is -0.361 e. The van der Waals surface area contributed by atoms with Gasteiger partial charge in [-0.3, -0.25) is 0 Å². The first-order valence-electron chi connectivity index (χ1n) is 9.25. The molecule has 1 atom stereocenters. The van der Waals surface area contributed by atoms with Crippen LogP contribution in [-0.2, 0) is 6.54 Å². The lowest BCUT2D eigenvalue weighted by atomic mass is 9.97. The number of H-pyrrole nitrogens is 1. The second-order valence-corrected chi connectivity index (χ2v) is 8.91. The van der Waals surface area contributed by atoms with Crippen molar-refractivity contribution in [3.63, 3.8) is 0 Å². The van der Waals surface area contributed by atoms with E-state index in [1.54, 1.807) is 27.6 Å². The number of nitrogens with zero attached hydrogens (tertiary/aromatic N) is 1. The summed E-state index contributed by atoms with van der Waals surface area (Å²) >= 11 is 3.42. The molecule has 2 amide bonds. The molecular formula is C22H23N3OS2. The lowest BCUT2D eigenvalue weighted by molar-refractivity contribution is 0.207. The average Bonchev–Trinajstić information content (AvgIpc) is 3.45. The van der Waals surface area contributed by atoms with Crippen molar-refractivity contribution in [2.45, 2.75) is 19.4 Å². The topological polar surface area (TPSA) is 48.1 Å². The van der Waals surface area contributed by atoms with E-state index in [0.717, 1.165) is 5.52 Å². The van der Waals surface area contributed by atoms with Crippen LogP contribution < -0.4 is 5.32 Å². The molecule has 0 fully saturated rings. The fraction of sp³-hybridized carbons (Fsp3) is 0.227. The molecule has 4 rings (SSSR count). The molecular weight excluding hydrogens is 386 g/mol. The fourth-order valence-electron chi connectivity index (χ4n) is 3.41. The zero-order chi connectivity index (χ0) is 19.5. The SMILES string of the molecule is Cc1ccsc1CN(C)C(=O)NCC(c1cccs1)c1c[nH]c2ccccc12. The molecule has 1 unspecified atom stereocenters. The Hall–Kier alpha value is -2.57. The molecule has 3 heterocycles. The van der Waals surface area contributed by atoms with Crippen LogP contribution in [0.1, 0.15) is 26.8 Å². The van der Waals surface area contributed by atoms with Crippen LogP contribution in [0.2, 0.25) is 0 Å². The van der Waals surface area contributed by atoms with Crippen molar-refractivity contribution in [1.82, 2.24) is 15.2 Å². The van der Waals surface area contributed by atoms with Gasteiger partial charge in [-0.1, -0.05) is 24.3 Å². The molecule has 28 heavy (non-hydrogen) atoms. The molecule has 6 heteroatoms. The maximum atomic E-state index is 12.7. The summed E-state index contributed by atoms with van der Waals surface area (Å²) in [5.41, 5.74) is 3.57. The smallest absolute Gasteiger partial charge is 0.317 e. The monoisotopic (exact) mass is 409 g/mol. The summed E-state index contributed by atoms with van der Waals surface area (Å²) in [5.74, 6) is 0.122. The third-order valence-electron chi connectivity index (χ3n) is 5.04. The van der Waals surface area contributed by atoms with Crippen LogP contribution >= 0.6 is 22.7 Å². The molecule has 0 saturated heterocycles. The number of rotatable bonds is 6. The molecule has 0 aliphatic carbocycles. The van der Waals surface area contributed by atoms with Gasteiger partial charge in [-0.25, -0.2) is 4.79 Å². The second-order valence-electron chi connectivity index (χ2n) is 6.93. The van der Waals surface area contributed by atoms with E-state index < -0.39 is 0 Å². The summed E-state index contributed by atoms with van der Waals surface area (Å²) in [5, 5.41) is 8.50. The first-order valence-corrected chi connectivity index (χ1v) is 11.0. The molecule has 2 N–H and O–H groups in total. The molecule has 0 saturated carbocycles. The number of urea groups is 1. The van der Waals surface area contributed by atoms with Crippen LogP contribution in [0.4, 0.5) is 4.79 Å². The lowest BCUT2D eigenvalue weighted by Gasteiger charge is -2.21. The van der Waals surface area contributed by atoms with Gasteiger partial charge in [0.1, 0.15) is 0 Å². The van der Waals surface area contributed by atoms with E-state index in [4.69, 9.17) is 0 Å². The second kappa shape index (κ2) is 8.20. The Morgan fingerprint density at radius 2 is 2.00 bits per heavy atom. The van der Waals surface area contributed by atoms with Crippen molar-refractivity contribution in [2.24, 2.45) is 0 Å². The minimum absolute atomic E-state index is 0.0470. The van der Waals surface area contributed by atoms with E-state index in [1.165, 1.54) is 26.3 Å². The number of benzene rings is 1. The van der Waals surface area contributed by atoms with Crippen molar-refractivity contribution in [3.8, 4) is 0 Å². The highest BCUT2D eigenvalue weighted by Crippen LogP contribution is 2.32. The third kappa shape index (κ3) is 3.84. The zero-order valence-electron chi connectivity index (χ0n) is 15.9. The number of fused-ring (bicyclic) bond motifs is 1. The van der Waals surface area contributed by atoms with Gasteiger partial charge in [0.05, 0.1) is 6.54 Å². The maximum Gasteiger partial charge on any atom is 0.317 e. The molecule has 0 spiro atoms. The molecule has 4 nitrogen and oxygen atoms in total. The number of para-hydroxylation sites is 1. The number of hydrogen-bond acceptors (Lipinski definition) is 3. The first kappa shape index (κ1) is 18.8. The van der Waals surface area contributed by atoms with E-state index in [1.807, 2.05) is 13.1 Å². The van der Waals surface area contributed by atoms with Gasteiger partial charge in [0.15, 0.2) is 0 Å². The molecule has 1 aromatic carbocycles. The van der Waals surface area contributed by atoms with E-state index in [0.29, 0.717) is 13.1 Å². The van der Waals surface area contributed by atoms with Gasteiger partial charge in [-0.2, -0.15) is 0 Å². The van der Waals surface area contributed by atoms with Crippen molar-refractivity contribution < 1.29 is 4.79 Å². The summed E-state index contributed by atoms with van der Waals surface area (Å²) in [6, 6.07) is 14.6. The van der Waals surface area contributed by atoms with Crippen molar-refractivity contribution in [1.29, 1.82) is 0 Å². The van der Waals surface area contributed by atoms with Gasteiger partial charge in [0.2, 0.25) is 0 Å². The molecule has 0 aliphatic heterocycles. The van der Waals surface area contributed by atoms with Gasteiger partial charge in [0.25, 0.3) is 0 Å². The average molecular weight is 410 g/mol. The predicted molar refractivity (Wildman–Crippen MR) is 118 cm³/mol. The summed E-state index contributed by atoms with van der Waals surface area (Å²) in [6.45, 7) is 3.28. The van der Waals surface area contributed by atoms with Crippen LogP contribution in [0.25, 0.3) is 10.9 Å². The van der Waals surface area contributed by atoms with Crippen LogP contribution in [0.15, 0.2) is 59.4 Å².